The first kappa shape index (κ1) is 25.8. The first-order valence-corrected chi connectivity index (χ1v) is 12.3. The molecule has 0 bridgehead atoms. The van der Waals surface area contributed by atoms with Crippen LogP contribution in [0.5, 0.6) is 17.2 Å². The number of carboxylic acid groups (broad SMARTS) is 1. The molecular formula is C30H32N2O5. The zero-order valence-corrected chi connectivity index (χ0v) is 21.4. The van der Waals surface area contributed by atoms with E-state index in [1.54, 1.807) is 14.2 Å². The minimum Gasteiger partial charge on any atom is -0.493 e. The second-order valence-electron chi connectivity index (χ2n) is 8.68. The topological polar surface area (TPSA) is 82.8 Å². The maximum Gasteiger partial charge on any atom is 0.341 e. The molecule has 0 atom stereocenters. The van der Waals surface area contributed by atoms with Gasteiger partial charge in [0, 0.05) is 17.7 Å². The molecular weight excluding hydrogens is 468 g/mol. The average molecular weight is 501 g/mol. The predicted octanol–water partition coefficient (Wildman–Crippen LogP) is 5.89. The molecule has 192 valence electrons. The smallest absolute Gasteiger partial charge is 0.341 e. The Hall–Kier alpha value is -4.26. The number of aromatic nitrogens is 2. The molecule has 0 aliphatic heterocycles. The molecule has 1 N–H and O–H groups in total. The third-order valence-corrected chi connectivity index (χ3v) is 6.12. The number of hydrogen-bond donors (Lipinski definition) is 1. The number of para-hydroxylation sites is 1. The monoisotopic (exact) mass is 500 g/mol. The molecule has 0 aliphatic rings. The fourth-order valence-electron chi connectivity index (χ4n) is 4.39. The van der Waals surface area contributed by atoms with Crippen LogP contribution in [0.3, 0.4) is 0 Å². The van der Waals surface area contributed by atoms with Gasteiger partial charge in [0.2, 0.25) is 0 Å². The molecule has 37 heavy (non-hydrogen) atoms. The van der Waals surface area contributed by atoms with Crippen molar-refractivity contribution in [1.82, 2.24) is 9.78 Å². The second-order valence-corrected chi connectivity index (χ2v) is 8.68. The third-order valence-electron chi connectivity index (χ3n) is 6.12. The summed E-state index contributed by atoms with van der Waals surface area (Å²) in [5, 5.41) is 14.2. The van der Waals surface area contributed by atoms with Crippen LogP contribution in [0.15, 0.2) is 72.8 Å². The number of nitrogens with zero attached hydrogens (tertiary/aromatic N) is 2. The van der Waals surface area contributed by atoms with Gasteiger partial charge in [0.15, 0.2) is 18.1 Å². The standard InChI is InChI=1S/C30H32N2O5/c1-4-9-22-14-15-27(37-20-29(33)34)24(18-22)25-19-26(23-12-8-13-28(35-2)30(23)36-3)32(31-25)17-16-21-10-6-5-7-11-21/h5-8,10-15,18-19H,4,9,16-17,20H2,1-3H3,(H,33,34). The van der Waals surface area contributed by atoms with Gasteiger partial charge in [0.05, 0.1) is 25.6 Å². The average Bonchev–Trinajstić information content (AvgIpc) is 3.35. The van der Waals surface area contributed by atoms with Crippen molar-refractivity contribution in [3.8, 4) is 39.8 Å². The van der Waals surface area contributed by atoms with Crippen LogP contribution in [0.2, 0.25) is 0 Å². The number of hydrogen-bond acceptors (Lipinski definition) is 5. The lowest BCUT2D eigenvalue weighted by Crippen LogP contribution is -2.10. The summed E-state index contributed by atoms with van der Waals surface area (Å²) in [4.78, 5) is 11.2. The Balaban J connectivity index is 1.84. The largest absolute Gasteiger partial charge is 0.493 e. The van der Waals surface area contributed by atoms with Gasteiger partial charge in [-0.2, -0.15) is 5.10 Å². The number of carboxylic acids is 1. The van der Waals surface area contributed by atoms with Crippen LogP contribution in [0, 0.1) is 0 Å². The SMILES string of the molecule is CCCc1ccc(OCC(=O)O)c(-c2cc(-c3cccc(OC)c3OC)n(CCc3ccccc3)n2)c1. The molecule has 1 aromatic heterocycles. The third kappa shape index (κ3) is 6.12. The second kappa shape index (κ2) is 12.1. The number of aryl methyl sites for hydroxylation is 3. The van der Waals surface area contributed by atoms with E-state index in [2.05, 4.69) is 19.1 Å². The number of aliphatic carboxylic acids is 1. The molecule has 0 fully saturated rings. The Morgan fingerprint density at radius 2 is 1.68 bits per heavy atom. The van der Waals surface area contributed by atoms with E-state index in [4.69, 9.17) is 19.3 Å². The van der Waals surface area contributed by atoms with Crippen LogP contribution < -0.4 is 14.2 Å². The zero-order chi connectivity index (χ0) is 26.2. The van der Waals surface area contributed by atoms with Gasteiger partial charge in [-0.25, -0.2) is 4.79 Å². The lowest BCUT2D eigenvalue weighted by atomic mass is 10.0. The predicted molar refractivity (Wildman–Crippen MR) is 143 cm³/mol. The highest BCUT2D eigenvalue weighted by molar-refractivity contribution is 5.78. The summed E-state index contributed by atoms with van der Waals surface area (Å²) in [5.41, 5.74) is 5.52. The molecule has 4 aromatic rings. The highest BCUT2D eigenvalue weighted by Gasteiger charge is 2.20. The van der Waals surface area contributed by atoms with Crippen LogP contribution in [0.1, 0.15) is 24.5 Å². The fourth-order valence-corrected chi connectivity index (χ4v) is 4.39. The van der Waals surface area contributed by atoms with Crippen molar-refractivity contribution in [1.29, 1.82) is 0 Å². The summed E-state index contributed by atoms with van der Waals surface area (Å²) in [6.45, 7) is 2.34. The molecule has 0 unspecified atom stereocenters. The number of carbonyl (C=O) groups is 1. The van der Waals surface area contributed by atoms with Gasteiger partial charge in [-0.1, -0.05) is 55.8 Å². The van der Waals surface area contributed by atoms with Crippen molar-refractivity contribution in [2.24, 2.45) is 0 Å². The summed E-state index contributed by atoms with van der Waals surface area (Å²) in [5.74, 6) is 0.713. The Morgan fingerprint density at radius 3 is 2.38 bits per heavy atom. The van der Waals surface area contributed by atoms with Gasteiger partial charge in [0.25, 0.3) is 0 Å². The van der Waals surface area contributed by atoms with Gasteiger partial charge in [-0.3, -0.25) is 4.68 Å². The fraction of sp³-hybridized carbons (Fsp3) is 0.267. The van der Waals surface area contributed by atoms with E-state index in [0.717, 1.165) is 41.6 Å². The molecule has 0 aliphatic carbocycles. The zero-order valence-electron chi connectivity index (χ0n) is 21.4. The normalized spacial score (nSPS) is 10.8. The summed E-state index contributed by atoms with van der Waals surface area (Å²) in [7, 11) is 3.24. The Kier molecular flexibility index (Phi) is 8.46. The van der Waals surface area contributed by atoms with Gasteiger partial charge in [0.1, 0.15) is 5.75 Å². The molecule has 4 rings (SSSR count). The first-order valence-electron chi connectivity index (χ1n) is 12.3. The van der Waals surface area contributed by atoms with Crippen LogP contribution in [0.25, 0.3) is 22.5 Å². The molecule has 7 heteroatoms. The van der Waals surface area contributed by atoms with Crippen LogP contribution in [-0.2, 0) is 24.2 Å². The van der Waals surface area contributed by atoms with Crippen molar-refractivity contribution in [2.75, 3.05) is 20.8 Å². The van der Waals surface area contributed by atoms with Crippen LogP contribution >= 0.6 is 0 Å². The molecule has 0 radical (unpaired) electrons. The van der Waals surface area contributed by atoms with E-state index in [-0.39, 0.29) is 0 Å². The van der Waals surface area contributed by atoms with E-state index in [1.807, 2.05) is 65.3 Å². The summed E-state index contributed by atoms with van der Waals surface area (Å²) >= 11 is 0. The highest BCUT2D eigenvalue weighted by Crippen LogP contribution is 2.40. The number of methoxy groups -OCH3 is 2. The number of rotatable bonds is 12. The van der Waals surface area contributed by atoms with Crippen molar-refractivity contribution in [3.63, 3.8) is 0 Å². The number of benzene rings is 3. The highest BCUT2D eigenvalue weighted by atomic mass is 16.5. The molecule has 0 amide bonds. The first-order chi connectivity index (χ1) is 18.0. The van der Waals surface area contributed by atoms with E-state index in [0.29, 0.717) is 29.5 Å². The molecule has 0 saturated carbocycles. The van der Waals surface area contributed by atoms with Crippen molar-refractivity contribution in [2.45, 2.75) is 32.7 Å². The maximum absolute atomic E-state index is 11.2. The van der Waals surface area contributed by atoms with Crippen LogP contribution in [0.4, 0.5) is 0 Å². The molecule has 0 saturated heterocycles. The van der Waals surface area contributed by atoms with Gasteiger partial charge in [-0.15, -0.1) is 0 Å². The Morgan fingerprint density at radius 1 is 0.865 bits per heavy atom. The van der Waals surface area contributed by atoms with Crippen molar-refractivity contribution >= 4 is 5.97 Å². The summed E-state index contributed by atoms with van der Waals surface area (Å²) < 4.78 is 18.9. The molecule has 0 spiro atoms. The number of ether oxygens (including phenoxy) is 3. The van der Waals surface area contributed by atoms with E-state index in [1.165, 1.54) is 5.56 Å². The van der Waals surface area contributed by atoms with Gasteiger partial charge in [-0.05, 0) is 54.3 Å². The van der Waals surface area contributed by atoms with Gasteiger partial charge < -0.3 is 19.3 Å². The van der Waals surface area contributed by atoms with E-state index < -0.39 is 12.6 Å². The minimum absolute atomic E-state index is 0.425. The van der Waals surface area contributed by atoms with Crippen LogP contribution in [-0.4, -0.2) is 41.7 Å². The minimum atomic E-state index is -1.03. The molecule has 1 heterocycles. The van der Waals surface area contributed by atoms with Crippen molar-refractivity contribution < 1.29 is 24.1 Å². The molecule has 3 aromatic carbocycles. The maximum atomic E-state index is 11.2. The van der Waals surface area contributed by atoms with Gasteiger partial charge >= 0.3 is 5.97 Å². The summed E-state index contributed by atoms with van der Waals surface area (Å²) in [6, 6.07) is 23.9. The summed E-state index contributed by atoms with van der Waals surface area (Å²) in [6.07, 6.45) is 2.68. The molecule has 7 nitrogen and oxygen atoms in total. The van der Waals surface area contributed by atoms with E-state index >= 15 is 0 Å². The Bertz CT molecular complexity index is 1350. The van der Waals surface area contributed by atoms with E-state index in [9.17, 15) is 9.90 Å². The van der Waals surface area contributed by atoms with Crippen molar-refractivity contribution in [3.05, 3.63) is 83.9 Å². The lowest BCUT2D eigenvalue weighted by Gasteiger charge is -2.14. The Labute approximate surface area is 217 Å². The quantitative estimate of drug-likeness (QED) is 0.261. The lowest BCUT2D eigenvalue weighted by molar-refractivity contribution is -0.139.